The van der Waals surface area contributed by atoms with Crippen LogP contribution in [0.2, 0.25) is 0 Å². The number of anilines is 2. The summed E-state index contributed by atoms with van der Waals surface area (Å²) in [5.41, 5.74) is 5.48. The van der Waals surface area contributed by atoms with E-state index in [2.05, 4.69) is 0 Å². The number of rotatable bonds is 3. The molecular formula is C15H14F4N2. The summed E-state index contributed by atoms with van der Waals surface area (Å²) in [7, 11) is 1.50. The van der Waals surface area contributed by atoms with Gasteiger partial charge in [0.05, 0.1) is 11.3 Å². The van der Waals surface area contributed by atoms with Gasteiger partial charge in [-0.3, -0.25) is 0 Å². The van der Waals surface area contributed by atoms with E-state index >= 15 is 0 Å². The largest absolute Gasteiger partial charge is 0.418 e. The fourth-order valence-corrected chi connectivity index (χ4v) is 2.03. The van der Waals surface area contributed by atoms with Crippen LogP contribution in [-0.2, 0) is 12.7 Å². The van der Waals surface area contributed by atoms with Gasteiger partial charge < -0.3 is 10.6 Å². The van der Waals surface area contributed by atoms with E-state index in [9.17, 15) is 17.6 Å². The number of hydrogen-bond acceptors (Lipinski definition) is 2. The summed E-state index contributed by atoms with van der Waals surface area (Å²) < 4.78 is 52.4. The van der Waals surface area contributed by atoms with Gasteiger partial charge in [0.1, 0.15) is 5.82 Å². The average Bonchev–Trinajstić information content (AvgIpc) is 2.46. The van der Waals surface area contributed by atoms with Crippen LogP contribution in [0.1, 0.15) is 11.1 Å². The van der Waals surface area contributed by atoms with Gasteiger partial charge in [-0.05, 0) is 42.0 Å². The number of halogens is 4. The molecule has 0 aliphatic heterocycles. The van der Waals surface area contributed by atoms with Crippen molar-refractivity contribution in [1.29, 1.82) is 0 Å². The van der Waals surface area contributed by atoms with Crippen LogP contribution in [0.4, 0.5) is 28.9 Å². The lowest BCUT2D eigenvalue weighted by Gasteiger charge is -2.24. The summed E-state index contributed by atoms with van der Waals surface area (Å²) in [4.78, 5) is 1.36. The zero-order valence-electron chi connectivity index (χ0n) is 11.3. The van der Waals surface area contributed by atoms with Gasteiger partial charge in [0.25, 0.3) is 0 Å². The quantitative estimate of drug-likeness (QED) is 0.865. The van der Waals surface area contributed by atoms with Gasteiger partial charge >= 0.3 is 6.18 Å². The summed E-state index contributed by atoms with van der Waals surface area (Å²) in [6.07, 6.45) is -4.49. The third-order valence-corrected chi connectivity index (χ3v) is 3.18. The highest BCUT2D eigenvalue weighted by Gasteiger charge is 2.34. The summed E-state index contributed by atoms with van der Waals surface area (Å²) in [5, 5.41) is 0. The first-order valence-corrected chi connectivity index (χ1v) is 6.22. The Kier molecular flexibility index (Phi) is 4.18. The molecule has 2 nitrogen and oxygen atoms in total. The Balaban J connectivity index is 2.49. The van der Waals surface area contributed by atoms with Gasteiger partial charge in [-0.25, -0.2) is 4.39 Å². The van der Waals surface area contributed by atoms with Crippen LogP contribution in [0, 0.1) is 5.82 Å². The first-order valence-electron chi connectivity index (χ1n) is 6.22. The van der Waals surface area contributed by atoms with Crippen molar-refractivity contribution >= 4 is 11.4 Å². The number of nitrogens with two attached hydrogens (primary N) is 1. The second kappa shape index (κ2) is 5.73. The number of benzene rings is 2. The van der Waals surface area contributed by atoms with E-state index in [4.69, 9.17) is 5.73 Å². The fraction of sp³-hybridized carbons (Fsp3) is 0.200. The molecule has 0 aromatic heterocycles. The van der Waals surface area contributed by atoms with Crippen LogP contribution in [0.25, 0.3) is 0 Å². The van der Waals surface area contributed by atoms with E-state index in [1.54, 1.807) is 6.07 Å². The molecule has 0 saturated carbocycles. The molecule has 2 rings (SSSR count). The van der Waals surface area contributed by atoms with E-state index in [1.165, 1.54) is 42.3 Å². The molecule has 0 bridgehead atoms. The minimum Gasteiger partial charge on any atom is -0.344 e. The third kappa shape index (κ3) is 3.33. The van der Waals surface area contributed by atoms with Crippen LogP contribution in [0.5, 0.6) is 0 Å². The second-order valence-electron chi connectivity index (χ2n) is 4.59. The zero-order valence-corrected chi connectivity index (χ0v) is 11.3. The van der Waals surface area contributed by atoms with E-state index in [-0.39, 0.29) is 12.2 Å². The lowest BCUT2D eigenvalue weighted by Crippen LogP contribution is -2.17. The van der Waals surface area contributed by atoms with Crippen molar-refractivity contribution < 1.29 is 17.6 Å². The molecule has 0 aliphatic rings. The molecule has 0 saturated heterocycles. The molecule has 2 N–H and O–H groups in total. The molecule has 0 heterocycles. The van der Waals surface area contributed by atoms with Crippen LogP contribution in [0.15, 0.2) is 42.5 Å². The molecule has 21 heavy (non-hydrogen) atoms. The van der Waals surface area contributed by atoms with Crippen molar-refractivity contribution in [2.75, 3.05) is 11.9 Å². The first-order chi connectivity index (χ1) is 9.82. The van der Waals surface area contributed by atoms with Crippen molar-refractivity contribution in [3.63, 3.8) is 0 Å². The Hall–Kier alpha value is -2.08. The minimum absolute atomic E-state index is 0.00805. The van der Waals surface area contributed by atoms with Crippen LogP contribution in [0.3, 0.4) is 0 Å². The summed E-state index contributed by atoms with van der Waals surface area (Å²) in [5.74, 6) is -0.443. The molecule has 2 aromatic rings. The normalized spacial score (nSPS) is 11.5. The van der Waals surface area contributed by atoms with Gasteiger partial charge in [-0.15, -0.1) is 0 Å². The SMILES string of the molecule is CN(c1ccc(F)cc1)c1ccc(CN)cc1C(F)(F)F. The number of nitrogens with zero attached hydrogens (tertiary/aromatic N) is 1. The molecule has 0 atom stereocenters. The Morgan fingerprint density at radius 3 is 2.19 bits per heavy atom. The van der Waals surface area contributed by atoms with Gasteiger partial charge in [0.2, 0.25) is 0 Å². The smallest absolute Gasteiger partial charge is 0.344 e. The second-order valence-corrected chi connectivity index (χ2v) is 4.59. The van der Waals surface area contributed by atoms with E-state index < -0.39 is 17.6 Å². The van der Waals surface area contributed by atoms with Crippen molar-refractivity contribution in [2.45, 2.75) is 12.7 Å². The molecule has 0 radical (unpaired) electrons. The molecule has 0 amide bonds. The van der Waals surface area contributed by atoms with Crippen LogP contribution >= 0.6 is 0 Å². The van der Waals surface area contributed by atoms with E-state index in [0.717, 1.165) is 6.07 Å². The molecule has 0 spiro atoms. The Labute approximate surface area is 119 Å². The fourth-order valence-electron chi connectivity index (χ4n) is 2.03. The van der Waals surface area contributed by atoms with Crippen molar-refractivity contribution in [1.82, 2.24) is 0 Å². The lowest BCUT2D eigenvalue weighted by molar-refractivity contribution is -0.137. The maximum atomic E-state index is 13.2. The molecule has 0 aliphatic carbocycles. The minimum atomic E-state index is -4.49. The highest BCUT2D eigenvalue weighted by Crippen LogP contribution is 2.39. The van der Waals surface area contributed by atoms with Crippen molar-refractivity contribution in [3.05, 3.63) is 59.4 Å². The number of hydrogen-bond donors (Lipinski definition) is 1. The Morgan fingerprint density at radius 2 is 1.67 bits per heavy atom. The summed E-state index contributed by atoms with van der Waals surface area (Å²) in [6, 6.07) is 9.20. The maximum absolute atomic E-state index is 13.2. The first kappa shape index (κ1) is 15.3. The van der Waals surface area contributed by atoms with Crippen molar-refractivity contribution in [3.8, 4) is 0 Å². The summed E-state index contributed by atoms with van der Waals surface area (Å²) in [6.45, 7) is 0.0314. The molecule has 112 valence electrons. The Bertz CT molecular complexity index is 621. The zero-order chi connectivity index (χ0) is 15.6. The molecule has 2 aromatic carbocycles. The monoisotopic (exact) mass is 298 g/mol. The Morgan fingerprint density at radius 1 is 1.05 bits per heavy atom. The van der Waals surface area contributed by atoms with Gasteiger partial charge in [0.15, 0.2) is 0 Å². The lowest BCUT2D eigenvalue weighted by atomic mass is 10.1. The average molecular weight is 298 g/mol. The van der Waals surface area contributed by atoms with E-state index in [0.29, 0.717) is 11.3 Å². The summed E-state index contributed by atoms with van der Waals surface area (Å²) >= 11 is 0. The number of alkyl halides is 3. The van der Waals surface area contributed by atoms with Crippen LogP contribution in [-0.4, -0.2) is 7.05 Å². The predicted molar refractivity (Wildman–Crippen MR) is 73.8 cm³/mol. The third-order valence-electron chi connectivity index (χ3n) is 3.18. The maximum Gasteiger partial charge on any atom is 0.418 e. The van der Waals surface area contributed by atoms with Gasteiger partial charge in [0, 0.05) is 19.3 Å². The molecule has 6 heteroatoms. The molecule has 0 fully saturated rings. The predicted octanol–water partition coefficient (Wildman–Crippen LogP) is 4.07. The van der Waals surface area contributed by atoms with Gasteiger partial charge in [-0.1, -0.05) is 6.07 Å². The standard InChI is InChI=1S/C15H14F4N2/c1-21(12-5-3-11(16)4-6-12)14-7-2-10(9-20)8-13(14)15(17,18)19/h2-8H,9,20H2,1H3. The van der Waals surface area contributed by atoms with Crippen molar-refractivity contribution in [2.24, 2.45) is 5.73 Å². The highest BCUT2D eigenvalue weighted by molar-refractivity contribution is 5.67. The topological polar surface area (TPSA) is 29.3 Å². The van der Waals surface area contributed by atoms with Crippen LogP contribution < -0.4 is 10.6 Å². The van der Waals surface area contributed by atoms with E-state index in [1.807, 2.05) is 0 Å². The highest BCUT2D eigenvalue weighted by atomic mass is 19.4. The molecular weight excluding hydrogens is 284 g/mol. The van der Waals surface area contributed by atoms with Gasteiger partial charge in [-0.2, -0.15) is 13.2 Å². The molecule has 0 unspecified atom stereocenters.